The Kier molecular flexibility index (Phi) is 6.31. The molecule has 0 aliphatic carbocycles. The summed E-state index contributed by atoms with van der Waals surface area (Å²) in [4.78, 5) is 11.6. The van der Waals surface area contributed by atoms with Crippen LogP contribution in [-0.4, -0.2) is 70.2 Å². The first-order valence-corrected chi connectivity index (χ1v) is 7.28. The number of hydrogen-bond acceptors (Lipinski definition) is 7. The van der Waals surface area contributed by atoms with E-state index in [1.54, 1.807) is 0 Å². The van der Waals surface area contributed by atoms with Gasteiger partial charge in [0, 0.05) is 6.54 Å². The first-order valence-electron chi connectivity index (χ1n) is 7.28. The molecule has 0 spiro atoms. The minimum atomic E-state index is -1.46. The van der Waals surface area contributed by atoms with Crippen molar-refractivity contribution in [1.82, 2.24) is 5.32 Å². The lowest BCUT2D eigenvalue weighted by Crippen LogP contribution is -2.60. The van der Waals surface area contributed by atoms with Crippen LogP contribution in [0.4, 0.5) is 4.79 Å². The Bertz CT molecular complexity index is 496. The highest BCUT2D eigenvalue weighted by molar-refractivity contribution is 5.67. The van der Waals surface area contributed by atoms with Crippen molar-refractivity contribution in [2.24, 2.45) is 0 Å². The van der Waals surface area contributed by atoms with Gasteiger partial charge >= 0.3 is 6.09 Å². The van der Waals surface area contributed by atoms with Gasteiger partial charge in [-0.15, -0.1) is 0 Å². The number of amides is 1. The maximum Gasteiger partial charge on any atom is 0.407 e. The Morgan fingerprint density at radius 3 is 2.39 bits per heavy atom. The van der Waals surface area contributed by atoms with Crippen LogP contribution in [0.3, 0.4) is 0 Å². The molecule has 0 radical (unpaired) electrons. The molecule has 5 atom stereocenters. The number of nitrogens with one attached hydrogen (secondary N) is 1. The number of aliphatic hydroxyl groups is 4. The molecule has 8 heteroatoms. The van der Waals surface area contributed by atoms with Crippen molar-refractivity contribution >= 4 is 6.09 Å². The van der Waals surface area contributed by atoms with E-state index in [9.17, 15) is 20.1 Å². The van der Waals surface area contributed by atoms with Gasteiger partial charge in [0.05, 0.1) is 6.61 Å². The Morgan fingerprint density at radius 1 is 1.09 bits per heavy atom. The molecule has 1 heterocycles. The Morgan fingerprint density at radius 2 is 1.74 bits per heavy atom. The van der Waals surface area contributed by atoms with Crippen LogP contribution in [0.2, 0.25) is 0 Å². The van der Waals surface area contributed by atoms with Crippen molar-refractivity contribution in [2.45, 2.75) is 37.1 Å². The maximum atomic E-state index is 11.6. The van der Waals surface area contributed by atoms with Crippen LogP contribution in [0.25, 0.3) is 0 Å². The molecule has 0 saturated carbocycles. The van der Waals surface area contributed by atoms with Crippen LogP contribution in [0.1, 0.15) is 5.56 Å². The number of carbonyl (C=O) groups excluding carboxylic acids is 1. The molecule has 8 nitrogen and oxygen atoms in total. The molecule has 0 aromatic heterocycles. The highest BCUT2D eigenvalue weighted by atomic mass is 16.6. The third kappa shape index (κ3) is 4.63. The third-order valence-electron chi connectivity index (χ3n) is 3.65. The summed E-state index contributed by atoms with van der Waals surface area (Å²) in [6.45, 7) is -0.545. The average molecular weight is 327 g/mol. The summed E-state index contributed by atoms with van der Waals surface area (Å²) in [5.74, 6) is 0. The second-order valence-corrected chi connectivity index (χ2v) is 5.31. The van der Waals surface area contributed by atoms with Gasteiger partial charge in [-0.1, -0.05) is 30.3 Å². The number of hydrogen-bond donors (Lipinski definition) is 5. The Balaban J connectivity index is 1.79. The summed E-state index contributed by atoms with van der Waals surface area (Å²) < 4.78 is 10.3. The largest absolute Gasteiger partial charge is 0.445 e. The van der Waals surface area contributed by atoms with E-state index < -0.39 is 43.2 Å². The zero-order chi connectivity index (χ0) is 16.8. The van der Waals surface area contributed by atoms with Gasteiger partial charge in [0.25, 0.3) is 0 Å². The third-order valence-corrected chi connectivity index (χ3v) is 3.65. The fourth-order valence-corrected chi connectivity index (χ4v) is 2.31. The summed E-state index contributed by atoms with van der Waals surface area (Å²) in [5, 5.41) is 40.6. The molecule has 1 aromatic carbocycles. The van der Waals surface area contributed by atoms with Crippen molar-refractivity contribution in [1.29, 1.82) is 0 Å². The lowest BCUT2D eigenvalue weighted by atomic mass is 9.95. The van der Waals surface area contributed by atoms with Crippen molar-refractivity contribution < 1.29 is 34.7 Å². The molecule has 1 saturated heterocycles. The molecule has 1 aliphatic rings. The molecular formula is C15H21NO7. The molecule has 0 bridgehead atoms. The van der Waals surface area contributed by atoms with Crippen molar-refractivity contribution in [2.75, 3.05) is 13.2 Å². The fourth-order valence-electron chi connectivity index (χ4n) is 2.31. The van der Waals surface area contributed by atoms with E-state index in [1.807, 2.05) is 30.3 Å². The van der Waals surface area contributed by atoms with Gasteiger partial charge in [-0.25, -0.2) is 4.79 Å². The number of ether oxygens (including phenoxy) is 2. The summed E-state index contributed by atoms with van der Waals surface area (Å²) >= 11 is 0. The zero-order valence-corrected chi connectivity index (χ0v) is 12.4. The number of aliphatic hydroxyl groups excluding tert-OH is 4. The molecular weight excluding hydrogens is 306 g/mol. The second kappa shape index (κ2) is 8.23. The standard InChI is InChI=1S/C15H21NO7/c17-7-11-13(19)14(20)12(18)10(23-11)6-16-15(21)22-8-9-4-2-1-3-5-9/h1-5,10-14,17-20H,6-8H2,(H,16,21)/t10-,11+,12+,13-,14+/m0/s1. The average Bonchev–Trinajstić information content (AvgIpc) is 2.58. The molecule has 5 N–H and O–H groups in total. The van der Waals surface area contributed by atoms with E-state index in [0.29, 0.717) is 0 Å². The van der Waals surface area contributed by atoms with Crippen LogP contribution in [0.15, 0.2) is 30.3 Å². The molecule has 23 heavy (non-hydrogen) atoms. The van der Waals surface area contributed by atoms with Gasteiger partial charge in [0.2, 0.25) is 0 Å². The van der Waals surface area contributed by atoms with Crippen LogP contribution in [0, 0.1) is 0 Å². The van der Waals surface area contributed by atoms with Gasteiger partial charge in [0.15, 0.2) is 0 Å². The molecule has 1 aliphatic heterocycles. The molecule has 128 valence electrons. The van der Waals surface area contributed by atoms with Crippen LogP contribution < -0.4 is 5.32 Å². The molecule has 0 unspecified atom stereocenters. The van der Waals surface area contributed by atoms with Crippen molar-refractivity contribution in [3.63, 3.8) is 0 Å². The topological polar surface area (TPSA) is 128 Å². The van der Waals surface area contributed by atoms with Crippen LogP contribution >= 0.6 is 0 Å². The van der Waals surface area contributed by atoms with E-state index in [2.05, 4.69) is 5.32 Å². The SMILES string of the molecule is O=C(NC[C@@H]1O[C@H](CO)[C@H](O)[C@H](O)[C@@H]1O)OCc1ccccc1. The summed E-state index contributed by atoms with van der Waals surface area (Å²) in [6.07, 6.45) is -6.94. The highest BCUT2D eigenvalue weighted by Gasteiger charge is 2.43. The van der Waals surface area contributed by atoms with Gasteiger partial charge in [-0.2, -0.15) is 0 Å². The number of benzene rings is 1. The van der Waals surface area contributed by atoms with E-state index >= 15 is 0 Å². The number of alkyl carbamates (subject to hydrolysis) is 1. The molecule has 1 aromatic rings. The van der Waals surface area contributed by atoms with E-state index in [0.717, 1.165) is 5.56 Å². The molecule has 1 amide bonds. The highest BCUT2D eigenvalue weighted by Crippen LogP contribution is 2.20. The quantitative estimate of drug-likeness (QED) is 0.457. The monoisotopic (exact) mass is 327 g/mol. The Labute approximate surface area is 133 Å². The predicted octanol–water partition coefficient (Wildman–Crippen LogP) is -1.24. The van der Waals surface area contributed by atoms with Gasteiger partial charge in [-0.3, -0.25) is 0 Å². The fraction of sp³-hybridized carbons (Fsp3) is 0.533. The minimum Gasteiger partial charge on any atom is -0.445 e. The molecule has 2 rings (SSSR count). The minimum absolute atomic E-state index is 0.0986. The summed E-state index contributed by atoms with van der Waals surface area (Å²) in [5.41, 5.74) is 0.829. The van der Waals surface area contributed by atoms with Crippen LogP contribution in [0.5, 0.6) is 0 Å². The van der Waals surface area contributed by atoms with E-state index in [1.165, 1.54) is 0 Å². The van der Waals surface area contributed by atoms with E-state index in [-0.39, 0.29) is 13.2 Å². The number of carbonyl (C=O) groups is 1. The first-order chi connectivity index (χ1) is 11.0. The van der Waals surface area contributed by atoms with Gasteiger partial charge in [0.1, 0.15) is 37.1 Å². The Hall–Kier alpha value is -1.71. The lowest BCUT2D eigenvalue weighted by Gasteiger charge is -2.40. The first kappa shape index (κ1) is 17.6. The number of rotatable bonds is 5. The second-order valence-electron chi connectivity index (χ2n) is 5.31. The lowest BCUT2D eigenvalue weighted by molar-refractivity contribution is -0.227. The smallest absolute Gasteiger partial charge is 0.407 e. The molecule has 1 fully saturated rings. The predicted molar refractivity (Wildman–Crippen MR) is 78.4 cm³/mol. The van der Waals surface area contributed by atoms with Gasteiger partial charge < -0.3 is 35.2 Å². The normalized spacial score (nSPS) is 30.7. The van der Waals surface area contributed by atoms with Crippen LogP contribution in [-0.2, 0) is 16.1 Å². The van der Waals surface area contributed by atoms with Crippen molar-refractivity contribution in [3.8, 4) is 0 Å². The van der Waals surface area contributed by atoms with Gasteiger partial charge in [-0.05, 0) is 5.56 Å². The van der Waals surface area contributed by atoms with Crippen molar-refractivity contribution in [3.05, 3.63) is 35.9 Å². The van der Waals surface area contributed by atoms with E-state index in [4.69, 9.17) is 14.6 Å². The zero-order valence-electron chi connectivity index (χ0n) is 12.4. The summed E-state index contributed by atoms with van der Waals surface area (Å²) in [7, 11) is 0. The maximum absolute atomic E-state index is 11.6. The summed E-state index contributed by atoms with van der Waals surface area (Å²) in [6, 6.07) is 9.12.